The highest BCUT2D eigenvalue weighted by Crippen LogP contribution is 2.30. The molecule has 2 aliphatic rings. The summed E-state index contributed by atoms with van der Waals surface area (Å²) in [5, 5.41) is 0. The minimum absolute atomic E-state index is 0.0116. The van der Waals surface area contributed by atoms with Crippen molar-refractivity contribution >= 4 is 23.6 Å². The van der Waals surface area contributed by atoms with E-state index < -0.39 is 23.2 Å². The van der Waals surface area contributed by atoms with Gasteiger partial charge in [0.25, 0.3) is 23.6 Å². The zero-order chi connectivity index (χ0) is 23.2. The topological polar surface area (TPSA) is 78.0 Å². The van der Waals surface area contributed by atoms with Crippen LogP contribution >= 0.6 is 0 Å². The van der Waals surface area contributed by atoms with Crippen molar-refractivity contribution in [3.63, 3.8) is 0 Å². The fourth-order valence-corrected chi connectivity index (χ4v) is 4.08. The zero-order valence-corrected chi connectivity index (χ0v) is 18.2. The first-order valence-corrected chi connectivity index (χ1v) is 10.5. The molecule has 4 rings (SSSR count). The average Bonchev–Trinajstić information content (AvgIpc) is 3.03. The van der Waals surface area contributed by atoms with E-state index in [1.807, 2.05) is 0 Å². The number of halogens is 1. The highest BCUT2D eigenvalue weighted by Gasteiger charge is 2.42. The van der Waals surface area contributed by atoms with E-state index >= 15 is 0 Å². The van der Waals surface area contributed by atoms with Gasteiger partial charge < -0.3 is 9.80 Å². The number of hydrogen-bond donors (Lipinski definition) is 0. The van der Waals surface area contributed by atoms with E-state index in [-0.39, 0.29) is 49.1 Å². The number of rotatable bonds is 2. The van der Waals surface area contributed by atoms with E-state index in [0.717, 1.165) is 0 Å². The van der Waals surface area contributed by atoms with E-state index in [1.54, 1.807) is 37.8 Å². The van der Waals surface area contributed by atoms with Gasteiger partial charge in [0.05, 0.1) is 16.7 Å². The van der Waals surface area contributed by atoms with Crippen LogP contribution in [-0.2, 0) is 0 Å². The maximum Gasteiger partial charge on any atom is 0.262 e. The molecule has 0 atom stereocenters. The van der Waals surface area contributed by atoms with Crippen LogP contribution in [-0.4, -0.2) is 70.0 Å². The van der Waals surface area contributed by atoms with Gasteiger partial charge in [-0.05, 0) is 51.1 Å². The second-order valence-corrected chi connectivity index (χ2v) is 8.94. The largest absolute Gasteiger partial charge is 0.335 e. The van der Waals surface area contributed by atoms with Crippen molar-refractivity contribution in [3.05, 3.63) is 70.5 Å². The zero-order valence-electron chi connectivity index (χ0n) is 18.2. The SMILES string of the molecule is CC(C)(C)N1C(=O)c2ccc(C(=O)N3CCN(C(=O)c4ccccc4F)CC3)cc2C1=O. The normalized spacial score (nSPS) is 16.4. The van der Waals surface area contributed by atoms with Crippen LogP contribution in [0.25, 0.3) is 0 Å². The summed E-state index contributed by atoms with van der Waals surface area (Å²) in [6.45, 7) is 6.47. The molecule has 0 radical (unpaired) electrons. The molecule has 0 aromatic heterocycles. The first-order valence-electron chi connectivity index (χ1n) is 10.5. The molecule has 1 fully saturated rings. The lowest BCUT2D eigenvalue weighted by atomic mass is 10.0. The fraction of sp³-hybridized carbons (Fsp3) is 0.333. The maximum absolute atomic E-state index is 13.9. The Morgan fingerprint density at radius 3 is 1.97 bits per heavy atom. The molecule has 2 heterocycles. The summed E-state index contributed by atoms with van der Waals surface area (Å²) in [6.07, 6.45) is 0. The van der Waals surface area contributed by atoms with Crippen molar-refractivity contribution in [2.45, 2.75) is 26.3 Å². The molecular formula is C24H24FN3O4. The number of hydrogen-bond acceptors (Lipinski definition) is 4. The number of piperazine rings is 1. The van der Waals surface area contributed by atoms with Crippen LogP contribution < -0.4 is 0 Å². The lowest BCUT2D eigenvalue weighted by Gasteiger charge is -2.35. The summed E-state index contributed by atoms with van der Waals surface area (Å²) in [7, 11) is 0. The van der Waals surface area contributed by atoms with E-state index in [2.05, 4.69) is 0 Å². The van der Waals surface area contributed by atoms with E-state index in [1.165, 1.54) is 40.1 Å². The summed E-state index contributed by atoms with van der Waals surface area (Å²) in [5.41, 5.74) is 0.177. The second-order valence-electron chi connectivity index (χ2n) is 8.94. The van der Waals surface area contributed by atoms with Gasteiger partial charge in [-0.1, -0.05) is 12.1 Å². The lowest BCUT2D eigenvalue weighted by Crippen LogP contribution is -2.50. The molecule has 7 nitrogen and oxygen atoms in total. The standard InChI is InChI=1S/C24H24FN3O4/c1-24(2,3)28-22(31)16-9-8-15(14-18(16)23(28)32)20(29)26-10-12-27(13-11-26)21(30)17-6-4-5-7-19(17)25/h4-9,14H,10-13H2,1-3H3. The van der Waals surface area contributed by atoms with E-state index in [0.29, 0.717) is 11.1 Å². The smallest absolute Gasteiger partial charge is 0.262 e. The van der Waals surface area contributed by atoms with Crippen molar-refractivity contribution in [1.82, 2.24) is 14.7 Å². The van der Waals surface area contributed by atoms with Gasteiger partial charge in [0.2, 0.25) is 0 Å². The molecule has 0 N–H and O–H groups in total. The Labute approximate surface area is 185 Å². The molecule has 0 unspecified atom stereocenters. The number of imide groups is 1. The number of nitrogens with zero attached hydrogens (tertiary/aromatic N) is 3. The molecule has 2 aromatic rings. The minimum atomic E-state index is -0.668. The van der Waals surface area contributed by atoms with Crippen molar-refractivity contribution in [2.24, 2.45) is 0 Å². The fourth-order valence-electron chi connectivity index (χ4n) is 4.08. The first-order chi connectivity index (χ1) is 15.1. The first kappa shape index (κ1) is 21.7. The van der Waals surface area contributed by atoms with Crippen LogP contribution in [0.5, 0.6) is 0 Å². The van der Waals surface area contributed by atoms with Crippen LogP contribution in [0.1, 0.15) is 62.2 Å². The third-order valence-electron chi connectivity index (χ3n) is 5.76. The van der Waals surface area contributed by atoms with Gasteiger partial charge in [-0.2, -0.15) is 0 Å². The number of fused-ring (bicyclic) bond motifs is 1. The summed E-state index contributed by atoms with van der Waals surface area (Å²) < 4.78 is 13.9. The molecule has 8 heteroatoms. The molecule has 0 bridgehead atoms. The molecular weight excluding hydrogens is 413 g/mol. The van der Waals surface area contributed by atoms with Crippen molar-refractivity contribution in [1.29, 1.82) is 0 Å². The van der Waals surface area contributed by atoms with Crippen molar-refractivity contribution < 1.29 is 23.6 Å². The predicted octanol–water partition coefficient (Wildman–Crippen LogP) is 2.82. The third kappa shape index (κ3) is 3.66. The molecule has 1 saturated heterocycles. The molecule has 0 aliphatic carbocycles. The Morgan fingerprint density at radius 1 is 0.812 bits per heavy atom. The highest BCUT2D eigenvalue weighted by atomic mass is 19.1. The van der Waals surface area contributed by atoms with Crippen LogP contribution in [0.4, 0.5) is 4.39 Å². The Bertz CT molecular complexity index is 1130. The van der Waals surface area contributed by atoms with Gasteiger partial charge in [0.15, 0.2) is 0 Å². The van der Waals surface area contributed by atoms with Gasteiger partial charge in [0.1, 0.15) is 5.82 Å². The summed E-state index contributed by atoms with van der Waals surface area (Å²) in [5.74, 6) is -2.03. The molecule has 4 amide bonds. The van der Waals surface area contributed by atoms with Crippen molar-refractivity contribution in [2.75, 3.05) is 26.2 Å². The van der Waals surface area contributed by atoms with Gasteiger partial charge in [-0.15, -0.1) is 0 Å². The quantitative estimate of drug-likeness (QED) is 0.677. The Balaban J connectivity index is 1.47. The molecule has 2 aromatic carbocycles. The molecule has 0 spiro atoms. The minimum Gasteiger partial charge on any atom is -0.335 e. The van der Waals surface area contributed by atoms with Crippen LogP contribution in [0.3, 0.4) is 0 Å². The average molecular weight is 437 g/mol. The third-order valence-corrected chi connectivity index (χ3v) is 5.76. The Morgan fingerprint density at radius 2 is 1.38 bits per heavy atom. The lowest BCUT2D eigenvalue weighted by molar-refractivity contribution is 0.0507. The van der Waals surface area contributed by atoms with E-state index in [4.69, 9.17) is 0 Å². The van der Waals surface area contributed by atoms with Gasteiger partial charge >= 0.3 is 0 Å². The monoisotopic (exact) mass is 437 g/mol. The Hall–Kier alpha value is -3.55. The number of carbonyl (C=O) groups is 4. The molecule has 166 valence electrons. The summed E-state index contributed by atoms with van der Waals surface area (Å²) in [6, 6.07) is 10.4. The van der Waals surface area contributed by atoms with Gasteiger partial charge in [-0.3, -0.25) is 24.1 Å². The van der Waals surface area contributed by atoms with Crippen molar-refractivity contribution in [3.8, 4) is 0 Å². The molecule has 0 saturated carbocycles. The Kier molecular flexibility index (Phi) is 5.32. The second kappa shape index (κ2) is 7.85. The molecule has 32 heavy (non-hydrogen) atoms. The predicted molar refractivity (Wildman–Crippen MR) is 115 cm³/mol. The van der Waals surface area contributed by atoms with Crippen LogP contribution in [0.2, 0.25) is 0 Å². The maximum atomic E-state index is 13.9. The molecule has 2 aliphatic heterocycles. The van der Waals surface area contributed by atoms with Gasteiger partial charge in [-0.25, -0.2) is 4.39 Å². The van der Waals surface area contributed by atoms with Gasteiger partial charge in [0, 0.05) is 37.3 Å². The summed E-state index contributed by atoms with van der Waals surface area (Å²) >= 11 is 0. The van der Waals surface area contributed by atoms with E-state index in [9.17, 15) is 23.6 Å². The summed E-state index contributed by atoms with van der Waals surface area (Å²) in [4.78, 5) is 55.3. The number of benzene rings is 2. The number of carbonyl (C=O) groups excluding carboxylic acids is 4. The van der Waals surface area contributed by atoms with Crippen LogP contribution in [0, 0.1) is 5.82 Å². The highest BCUT2D eigenvalue weighted by molar-refractivity contribution is 6.22. The number of amides is 4. The van der Waals surface area contributed by atoms with Crippen LogP contribution in [0.15, 0.2) is 42.5 Å².